The fourth-order valence-electron chi connectivity index (χ4n) is 2.53. The summed E-state index contributed by atoms with van der Waals surface area (Å²) in [6.07, 6.45) is 0. The van der Waals surface area contributed by atoms with E-state index in [1.165, 1.54) is 38.5 Å². The van der Waals surface area contributed by atoms with Gasteiger partial charge in [-0.05, 0) is 43.3 Å². The molecular formula is C20H19FN4O4S. The highest BCUT2D eigenvalue weighted by Crippen LogP contribution is 2.31. The van der Waals surface area contributed by atoms with E-state index in [4.69, 9.17) is 9.47 Å². The van der Waals surface area contributed by atoms with Crippen molar-refractivity contribution in [2.45, 2.75) is 6.92 Å². The Hall–Kier alpha value is -3.66. The molecule has 156 valence electrons. The van der Waals surface area contributed by atoms with Crippen molar-refractivity contribution >= 4 is 39.8 Å². The Kier molecular flexibility index (Phi) is 6.48. The quantitative estimate of drug-likeness (QED) is 0.534. The van der Waals surface area contributed by atoms with E-state index < -0.39 is 11.8 Å². The van der Waals surface area contributed by atoms with Crippen LogP contribution in [0.1, 0.15) is 15.4 Å². The minimum atomic E-state index is -0.556. The SMILES string of the molecule is COc1ccc(NC(=O)c2sc(NC(=O)Nc3ccc(F)cc3)nc2C)c(OC)c1. The number of hydrogen-bond donors (Lipinski definition) is 3. The number of aryl methyl sites for hydroxylation is 1. The number of anilines is 3. The van der Waals surface area contributed by atoms with Crippen LogP contribution in [0.5, 0.6) is 11.5 Å². The smallest absolute Gasteiger partial charge is 0.325 e. The van der Waals surface area contributed by atoms with E-state index in [2.05, 4.69) is 20.9 Å². The molecule has 0 spiro atoms. The van der Waals surface area contributed by atoms with Crippen LogP contribution < -0.4 is 25.4 Å². The van der Waals surface area contributed by atoms with Gasteiger partial charge in [0.05, 0.1) is 25.6 Å². The second-order valence-corrected chi connectivity index (χ2v) is 7.04. The summed E-state index contributed by atoms with van der Waals surface area (Å²) in [7, 11) is 3.03. The molecule has 8 nitrogen and oxygen atoms in total. The van der Waals surface area contributed by atoms with Crippen LogP contribution in [0, 0.1) is 12.7 Å². The molecule has 0 unspecified atom stereocenters. The molecule has 0 fully saturated rings. The standard InChI is InChI=1S/C20H19FN4O4S/c1-11-17(18(26)24-15-9-8-14(28-2)10-16(15)29-3)30-20(22-11)25-19(27)23-13-6-4-12(21)5-7-13/h4-10H,1-3H3,(H,24,26)(H2,22,23,25,27). The first kappa shape index (κ1) is 21.1. The average molecular weight is 430 g/mol. The van der Waals surface area contributed by atoms with E-state index in [0.717, 1.165) is 11.3 Å². The van der Waals surface area contributed by atoms with E-state index in [1.54, 1.807) is 25.1 Å². The number of thiazole rings is 1. The van der Waals surface area contributed by atoms with Crippen molar-refractivity contribution in [3.8, 4) is 11.5 Å². The van der Waals surface area contributed by atoms with E-state index in [0.29, 0.717) is 33.4 Å². The van der Waals surface area contributed by atoms with Gasteiger partial charge < -0.3 is 20.1 Å². The lowest BCUT2D eigenvalue weighted by atomic mass is 10.2. The van der Waals surface area contributed by atoms with Crippen LogP contribution in [-0.4, -0.2) is 31.1 Å². The molecule has 0 radical (unpaired) electrons. The molecule has 10 heteroatoms. The van der Waals surface area contributed by atoms with Gasteiger partial charge in [0.2, 0.25) is 0 Å². The zero-order valence-corrected chi connectivity index (χ0v) is 17.2. The summed E-state index contributed by atoms with van der Waals surface area (Å²) in [5.41, 5.74) is 1.36. The van der Waals surface area contributed by atoms with Crippen LogP contribution in [0.25, 0.3) is 0 Å². The number of carbonyl (C=O) groups excluding carboxylic acids is 2. The Morgan fingerprint density at radius 3 is 2.40 bits per heavy atom. The lowest BCUT2D eigenvalue weighted by molar-refractivity contribution is 0.102. The van der Waals surface area contributed by atoms with Gasteiger partial charge in [-0.25, -0.2) is 14.2 Å². The van der Waals surface area contributed by atoms with E-state index in [-0.39, 0.29) is 11.0 Å². The molecule has 0 bridgehead atoms. The molecule has 0 aliphatic carbocycles. The van der Waals surface area contributed by atoms with Gasteiger partial charge in [-0.1, -0.05) is 11.3 Å². The maximum absolute atomic E-state index is 12.9. The summed E-state index contributed by atoms with van der Waals surface area (Å²) in [6.45, 7) is 1.67. The molecule has 2 aromatic carbocycles. The number of halogens is 1. The number of nitrogens with zero attached hydrogens (tertiary/aromatic N) is 1. The number of hydrogen-bond acceptors (Lipinski definition) is 6. The summed E-state index contributed by atoms with van der Waals surface area (Å²) in [4.78, 5) is 29.4. The number of carbonyl (C=O) groups is 2. The van der Waals surface area contributed by atoms with Gasteiger partial charge in [-0.3, -0.25) is 10.1 Å². The lowest BCUT2D eigenvalue weighted by Crippen LogP contribution is -2.19. The summed E-state index contributed by atoms with van der Waals surface area (Å²) < 4.78 is 23.4. The fourth-order valence-corrected chi connectivity index (χ4v) is 3.39. The van der Waals surface area contributed by atoms with Crippen LogP contribution in [0.15, 0.2) is 42.5 Å². The van der Waals surface area contributed by atoms with Crippen LogP contribution in [0.4, 0.5) is 25.7 Å². The molecule has 0 atom stereocenters. The van der Waals surface area contributed by atoms with Crippen LogP contribution >= 0.6 is 11.3 Å². The Balaban J connectivity index is 1.68. The maximum atomic E-state index is 12.9. The van der Waals surface area contributed by atoms with E-state index in [1.807, 2.05) is 0 Å². The zero-order chi connectivity index (χ0) is 21.7. The molecule has 3 aromatic rings. The van der Waals surface area contributed by atoms with Gasteiger partial charge in [0.15, 0.2) is 5.13 Å². The first-order valence-corrected chi connectivity index (χ1v) is 9.55. The Morgan fingerprint density at radius 1 is 1.00 bits per heavy atom. The number of nitrogens with one attached hydrogen (secondary N) is 3. The van der Waals surface area contributed by atoms with Crippen molar-refractivity contribution in [3.05, 3.63) is 58.9 Å². The highest BCUT2D eigenvalue weighted by molar-refractivity contribution is 7.17. The number of benzene rings is 2. The van der Waals surface area contributed by atoms with Crippen molar-refractivity contribution in [1.82, 2.24) is 4.98 Å². The van der Waals surface area contributed by atoms with Gasteiger partial charge in [-0.2, -0.15) is 0 Å². The summed E-state index contributed by atoms with van der Waals surface area (Å²) in [5.74, 6) is 0.250. The number of urea groups is 1. The molecule has 0 saturated heterocycles. The lowest BCUT2D eigenvalue weighted by Gasteiger charge is -2.11. The zero-order valence-electron chi connectivity index (χ0n) is 16.4. The molecule has 1 heterocycles. The van der Waals surface area contributed by atoms with Crippen molar-refractivity contribution in [2.75, 3.05) is 30.2 Å². The molecule has 0 aliphatic rings. The molecule has 3 rings (SSSR count). The van der Waals surface area contributed by atoms with Crippen LogP contribution in [0.3, 0.4) is 0 Å². The number of methoxy groups -OCH3 is 2. The van der Waals surface area contributed by atoms with Gasteiger partial charge in [0.25, 0.3) is 5.91 Å². The second kappa shape index (κ2) is 9.23. The third-order valence-corrected chi connectivity index (χ3v) is 5.05. The Morgan fingerprint density at radius 2 is 1.73 bits per heavy atom. The molecular weight excluding hydrogens is 411 g/mol. The largest absolute Gasteiger partial charge is 0.497 e. The minimum absolute atomic E-state index is 0.249. The summed E-state index contributed by atoms with van der Waals surface area (Å²) in [6, 6.07) is 9.80. The monoisotopic (exact) mass is 430 g/mol. The number of amides is 3. The third kappa shape index (κ3) is 5.03. The number of ether oxygens (including phenoxy) is 2. The Bertz CT molecular complexity index is 1070. The predicted molar refractivity (Wildman–Crippen MR) is 113 cm³/mol. The van der Waals surface area contributed by atoms with Crippen LogP contribution in [0.2, 0.25) is 0 Å². The Labute approximate surface area is 176 Å². The molecule has 3 N–H and O–H groups in total. The number of aromatic nitrogens is 1. The van der Waals surface area contributed by atoms with Crippen molar-refractivity contribution in [3.63, 3.8) is 0 Å². The highest BCUT2D eigenvalue weighted by Gasteiger charge is 2.18. The normalized spacial score (nSPS) is 10.3. The predicted octanol–water partition coefficient (Wildman–Crippen LogP) is 4.50. The molecule has 3 amide bonds. The highest BCUT2D eigenvalue weighted by atomic mass is 32.1. The average Bonchev–Trinajstić information content (AvgIpc) is 3.09. The van der Waals surface area contributed by atoms with E-state index in [9.17, 15) is 14.0 Å². The van der Waals surface area contributed by atoms with Crippen LogP contribution in [-0.2, 0) is 0 Å². The topological polar surface area (TPSA) is 102 Å². The molecule has 0 saturated carbocycles. The fraction of sp³-hybridized carbons (Fsp3) is 0.150. The maximum Gasteiger partial charge on any atom is 0.325 e. The van der Waals surface area contributed by atoms with Crippen molar-refractivity contribution in [2.24, 2.45) is 0 Å². The second-order valence-electron chi connectivity index (χ2n) is 6.04. The molecule has 30 heavy (non-hydrogen) atoms. The first-order valence-electron chi connectivity index (χ1n) is 8.74. The summed E-state index contributed by atoms with van der Waals surface area (Å²) >= 11 is 1.03. The van der Waals surface area contributed by atoms with Gasteiger partial charge >= 0.3 is 6.03 Å². The molecule has 1 aromatic heterocycles. The minimum Gasteiger partial charge on any atom is -0.497 e. The van der Waals surface area contributed by atoms with Crippen molar-refractivity contribution < 1.29 is 23.5 Å². The van der Waals surface area contributed by atoms with Gasteiger partial charge in [-0.15, -0.1) is 0 Å². The van der Waals surface area contributed by atoms with Gasteiger partial charge in [0, 0.05) is 11.8 Å². The van der Waals surface area contributed by atoms with Gasteiger partial charge in [0.1, 0.15) is 22.2 Å². The summed E-state index contributed by atoms with van der Waals surface area (Å²) in [5, 5.41) is 8.15. The molecule has 0 aliphatic heterocycles. The van der Waals surface area contributed by atoms with E-state index >= 15 is 0 Å². The van der Waals surface area contributed by atoms with Crippen molar-refractivity contribution in [1.29, 1.82) is 0 Å². The third-order valence-electron chi connectivity index (χ3n) is 3.98. The first-order chi connectivity index (χ1) is 14.4. The number of rotatable bonds is 6.